The summed E-state index contributed by atoms with van der Waals surface area (Å²) in [5.41, 5.74) is 2.17. The molecule has 0 aliphatic heterocycles. The van der Waals surface area contributed by atoms with Gasteiger partial charge in [0.15, 0.2) is 0 Å². The van der Waals surface area contributed by atoms with E-state index in [1.807, 2.05) is 19.9 Å². The Hall–Kier alpha value is -2.12. The number of aromatic nitrogens is 2. The predicted octanol–water partition coefficient (Wildman–Crippen LogP) is 4.36. The molecule has 2 aromatic rings. The SMILES string of the molecule is CCCc1nc(Cl)c(C)c(Oc2cc(C#N)ccc2C)n1. The van der Waals surface area contributed by atoms with Gasteiger partial charge in [-0.05, 0) is 38.0 Å². The van der Waals surface area contributed by atoms with Crippen LogP contribution < -0.4 is 4.74 Å². The Kier molecular flexibility index (Phi) is 4.77. The second kappa shape index (κ2) is 6.55. The molecule has 2 rings (SSSR count). The van der Waals surface area contributed by atoms with Crippen LogP contribution in [0.1, 0.15) is 35.9 Å². The molecule has 1 aromatic carbocycles. The zero-order chi connectivity index (χ0) is 15.4. The van der Waals surface area contributed by atoms with Gasteiger partial charge < -0.3 is 4.74 Å². The molecule has 108 valence electrons. The van der Waals surface area contributed by atoms with E-state index in [1.165, 1.54) is 0 Å². The van der Waals surface area contributed by atoms with Crippen molar-refractivity contribution in [2.75, 3.05) is 0 Å². The minimum atomic E-state index is 0.401. The van der Waals surface area contributed by atoms with E-state index in [9.17, 15) is 0 Å². The number of benzene rings is 1. The van der Waals surface area contributed by atoms with Crippen LogP contribution in [0.4, 0.5) is 0 Å². The van der Waals surface area contributed by atoms with Crippen molar-refractivity contribution in [2.24, 2.45) is 0 Å². The molecule has 0 atom stereocenters. The van der Waals surface area contributed by atoms with Crippen LogP contribution in [-0.4, -0.2) is 9.97 Å². The summed E-state index contributed by atoms with van der Waals surface area (Å²) in [6, 6.07) is 7.40. The maximum atomic E-state index is 8.98. The van der Waals surface area contributed by atoms with Gasteiger partial charge in [-0.25, -0.2) is 4.98 Å². The van der Waals surface area contributed by atoms with Crippen molar-refractivity contribution in [3.05, 3.63) is 45.9 Å². The first kappa shape index (κ1) is 15.3. The Balaban J connectivity index is 2.41. The Labute approximate surface area is 129 Å². The number of ether oxygens (including phenoxy) is 1. The van der Waals surface area contributed by atoms with E-state index in [0.29, 0.717) is 33.7 Å². The third kappa shape index (κ3) is 3.50. The molecule has 1 heterocycles. The lowest BCUT2D eigenvalue weighted by molar-refractivity contribution is 0.450. The van der Waals surface area contributed by atoms with Crippen molar-refractivity contribution in [1.82, 2.24) is 9.97 Å². The normalized spacial score (nSPS) is 10.2. The Morgan fingerprint density at radius 1 is 1.29 bits per heavy atom. The van der Waals surface area contributed by atoms with Gasteiger partial charge in [-0.3, -0.25) is 0 Å². The molecular formula is C16H16ClN3O. The molecule has 0 aliphatic rings. The number of hydrogen-bond donors (Lipinski definition) is 0. The molecule has 0 saturated heterocycles. The van der Waals surface area contributed by atoms with Crippen LogP contribution >= 0.6 is 11.6 Å². The second-order valence-electron chi connectivity index (χ2n) is 4.80. The number of hydrogen-bond acceptors (Lipinski definition) is 4. The van der Waals surface area contributed by atoms with Gasteiger partial charge in [0.05, 0.1) is 11.6 Å². The molecule has 0 aliphatic carbocycles. The van der Waals surface area contributed by atoms with Crippen molar-refractivity contribution in [3.63, 3.8) is 0 Å². The van der Waals surface area contributed by atoms with Crippen LogP contribution in [0, 0.1) is 25.2 Å². The van der Waals surface area contributed by atoms with Gasteiger partial charge in [0.1, 0.15) is 16.7 Å². The summed E-state index contributed by atoms with van der Waals surface area (Å²) in [5.74, 6) is 1.71. The highest BCUT2D eigenvalue weighted by Gasteiger charge is 2.12. The standard InChI is InChI=1S/C16H16ClN3O/c1-4-5-14-19-15(17)11(3)16(20-14)21-13-8-12(9-18)7-6-10(13)2/h6-8H,4-5H2,1-3H3. The summed E-state index contributed by atoms with van der Waals surface area (Å²) in [6.07, 6.45) is 1.68. The van der Waals surface area contributed by atoms with Crippen molar-refractivity contribution in [1.29, 1.82) is 5.26 Å². The molecule has 21 heavy (non-hydrogen) atoms. The third-order valence-corrected chi connectivity index (χ3v) is 3.45. The van der Waals surface area contributed by atoms with E-state index in [-0.39, 0.29) is 0 Å². The highest BCUT2D eigenvalue weighted by Crippen LogP contribution is 2.29. The van der Waals surface area contributed by atoms with Crippen LogP contribution in [0.25, 0.3) is 0 Å². The molecule has 0 amide bonds. The smallest absolute Gasteiger partial charge is 0.227 e. The van der Waals surface area contributed by atoms with E-state index in [0.717, 1.165) is 18.4 Å². The number of aryl methyl sites for hydroxylation is 2. The molecule has 1 aromatic heterocycles. The predicted molar refractivity (Wildman–Crippen MR) is 81.7 cm³/mol. The van der Waals surface area contributed by atoms with Crippen molar-refractivity contribution in [2.45, 2.75) is 33.6 Å². The van der Waals surface area contributed by atoms with Crippen molar-refractivity contribution in [3.8, 4) is 17.7 Å². The van der Waals surface area contributed by atoms with Crippen LogP contribution in [0.3, 0.4) is 0 Å². The van der Waals surface area contributed by atoms with Gasteiger partial charge >= 0.3 is 0 Å². The lowest BCUT2D eigenvalue weighted by Crippen LogP contribution is -2.01. The summed E-state index contributed by atoms with van der Waals surface area (Å²) in [4.78, 5) is 8.66. The molecule has 0 fully saturated rings. The first-order valence-corrected chi connectivity index (χ1v) is 7.14. The lowest BCUT2D eigenvalue weighted by Gasteiger charge is -2.12. The van der Waals surface area contributed by atoms with Gasteiger partial charge in [0.2, 0.25) is 5.88 Å². The largest absolute Gasteiger partial charge is 0.438 e. The average molecular weight is 302 g/mol. The molecule has 0 bridgehead atoms. The fourth-order valence-corrected chi connectivity index (χ4v) is 2.01. The monoisotopic (exact) mass is 301 g/mol. The van der Waals surface area contributed by atoms with E-state index < -0.39 is 0 Å². The number of rotatable bonds is 4. The fraction of sp³-hybridized carbons (Fsp3) is 0.312. The number of nitriles is 1. The maximum Gasteiger partial charge on any atom is 0.227 e. The van der Waals surface area contributed by atoms with E-state index in [1.54, 1.807) is 12.1 Å². The van der Waals surface area contributed by atoms with Crippen LogP contribution in [-0.2, 0) is 6.42 Å². The summed E-state index contributed by atoms with van der Waals surface area (Å²) in [7, 11) is 0. The van der Waals surface area contributed by atoms with E-state index >= 15 is 0 Å². The van der Waals surface area contributed by atoms with Gasteiger partial charge in [-0.15, -0.1) is 0 Å². The molecule has 5 heteroatoms. The first-order chi connectivity index (χ1) is 10.0. The summed E-state index contributed by atoms with van der Waals surface area (Å²) in [5, 5.41) is 9.38. The summed E-state index contributed by atoms with van der Waals surface area (Å²) >= 11 is 6.14. The van der Waals surface area contributed by atoms with Crippen molar-refractivity contribution >= 4 is 11.6 Å². The quantitative estimate of drug-likeness (QED) is 0.787. The molecule has 0 saturated carbocycles. The first-order valence-electron chi connectivity index (χ1n) is 6.76. The van der Waals surface area contributed by atoms with Crippen molar-refractivity contribution < 1.29 is 4.74 Å². The third-order valence-electron chi connectivity index (χ3n) is 3.09. The molecule has 0 spiro atoms. The Morgan fingerprint density at radius 2 is 2.05 bits per heavy atom. The highest BCUT2D eigenvalue weighted by molar-refractivity contribution is 6.30. The number of halogens is 1. The minimum Gasteiger partial charge on any atom is -0.438 e. The minimum absolute atomic E-state index is 0.401. The zero-order valence-electron chi connectivity index (χ0n) is 12.3. The Bertz CT molecular complexity index is 707. The van der Waals surface area contributed by atoms with Crippen LogP contribution in [0.2, 0.25) is 5.15 Å². The fourth-order valence-electron chi connectivity index (χ4n) is 1.83. The average Bonchev–Trinajstić information content (AvgIpc) is 2.46. The molecule has 0 unspecified atom stereocenters. The molecule has 0 N–H and O–H groups in total. The van der Waals surface area contributed by atoms with Crippen LogP contribution in [0.15, 0.2) is 18.2 Å². The topological polar surface area (TPSA) is 58.8 Å². The molecule has 0 radical (unpaired) electrons. The van der Waals surface area contributed by atoms with Gasteiger partial charge in [0.25, 0.3) is 0 Å². The van der Waals surface area contributed by atoms with E-state index in [2.05, 4.69) is 23.0 Å². The zero-order valence-corrected chi connectivity index (χ0v) is 13.0. The Morgan fingerprint density at radius 3 is 2.71 bits per heavy atom. The number of nitrogens with zero attached hydrogens (tertiary/aromatic N) is 3. The second-order valence-corrected chi connectivity index (χ2v) is 5.16. The van der Waals surface area contributed by atoms with Gasteiger partial charge in [-0.1, -0.05) is 24.6 Å². The van der Waals surface area contributed by atoms with E-state index in [4.69, 9.17) is 21.6 Å². The summed E-state index contributed by atoms with van der Waals surface area (Å²) in [6.45, 7) is 5.79. The molecular weight excluding hydrogens is 286 g/mol. The lowest BCUT2D eigenvalue weighted by atomic mass is 10.1. The van der Waals surface area contributed by atoms with Gasteiger partial charge in [-0.2, -0.15) is 10.2 Å². The van der Waals surface area contributed by atoms with Gasteiger partial charge in [0, 0.05) is 12.0 Å². The maximum absolute atomic E-state index is 8.98. The summed E-state index contributed by atoms with van der Waals surface area (Å²) < 4.78 is 5.86. The highest BCUT2D eigenvalue weighted by atomic mass is 35.5. The molecule has 4 nitrogen and oxygen atoms in total. The van der Waals surface area contributed by atoms with Crippen LogP contribution in [0.5, 0.6) is 11.6 Å².